The molecule has 2 rings (SSSR count). The molecule has 20 heavy (non-hydrogen) atoms. The molecular formula is C12H15N5O3. The molecular weight excluding hydrogens is 262 g/mol. The van der Waals surface area contributed by atoms with Crippen LogP contribution in [0, 0.1) is 10.1 Å². The summed E-state index contributed by atoms with van der Waals surface area (Å²) in [5, 5.41) is 14.3. The Labute approximate surface area is 115 Å². The SMILES string of the molecule is CC1CC(C(=O)N/N=C/c2ccc([N+](=O)[O-])cc2)NN1. The number of rotatable bonds is 4. The Morgan fingerprint density at radius 3 is 2.70 bits per heavy atom. The molecule has 1 heterocycles. The molecule has 0 radical (unpaired) electrons. The smallest absolute Gasteiger partial charge is 0.269 e. The average molecular weight is 277 g/mol. The van der Waals surface area contributed by atoms with Gasteiger partial charge in [0.15, 0.2) is 0 Å². The predicted molar refractivity (Wildman–Crippen MR) is 73.0 cm³/mol. The van der Waals surface area contributed by atoms with E-state index >= 15 is 0 Å². The largest absolute Gasteiger partial charge is 0.271 e. The molecule has 1 aliphatic rings. The van der Waals surface area contributed by atoms with Crippen molar-refractivity contribution in [1.82, 2.24) is 16.3 Å². The number of benzene rings is 1. The number of nitrogens with one attached hydrogen (secondary N) is 3. The number of carbonyl (C=O) groups is 1. The molecule has 106 valence electrons. The van der Waals surface area contributed by atoms with Crippen LogP contribution in [0.25, 0.3) is 0 Å². The van der Waals surface area contributed by atoms with Crippen LogP contribution in [0.15, 0.2) is 29.4 Å². The van der Waals surface area contributed by atoms with Crippen molar-refractivity contribution in [2.24, 2.45) is 5.10 Å². The number of hydrogen-bond acceptors (Lipinski definition) is 6. The van der Waals surface area contributed by atoms with E-state index in [2.05, 4.69) is 21.4 Å². The van der Waals surface area contributed by atoms with Crippen molar-refractivity contribution in [2.75, 3.05) is 0 Å². The lowest BCUT2D eigenvalue weighted by Gasteiger charge is -2.06. The topological polar surface area (TPSA) is 109 Å². The second-order valence-corrected chi connectivity index (χ2v) is 4.56. The maximum atomic E-state index is 11.7. The highest BCUT2D eigenvalue weighted by molar-refractivity contribution is 5.85. The highest BCUT2D eigenvalue weighted by Gasteiger charge is 2.26. The van der Waals surface area contributed by atoms with E-state index in [1.54, 1.807) is 12.1 Å². The van der Waals surface area contributed by atoms with E-state index < -0.39 is 4.92 Å². The van der Waals surface area contributed by atoms with Crippen LogP contribution in [0.1, 0.15) is 18.9 Å². The molecule has 0 aliphatic carbocycles. The minimum absolute atomic E-state index is 0.0152. The zero-order valence-electron chi connectivity index (χ0n) is 10.9. The van der Waals surface area contributed by atoms with Gasteiger partial charge in [-0.1, -0.05) is 0 Å². The van der Waals surface area contributed by atoms with Crippen LogP contribution in [0.4, 0.5) is 5.69 Å². The first-order chi connectivity index (χ1) is 9.56. The maximum Gasteiger partial charge on any atom is 0.269 e. The van der Waals surface area contributed by atoms with Gasteiger partial charge in [-0.2, -0.15) is 5.10 Å². The molecule has 1 fully saturated rings. The van der Waals surface area contributed by atoms with E-state index in [9.17, 15) is 14.9 Å². The molecule has 0 spiro atoms. The number of hydrogen-bond donors (Lipinski definition) is 3. The standard InChI is InChI=1S/C12H15N5O3/c1-8-6-11(15-14-8)12(18)16-13-7-9-2-4-10(5-3-9)17(19)20/h2-5,7-8,11,14-15H,6H2,1H3,(H,16,18)/b13-7+. The second kappa shape index (κ2) is 6.22. The summed E-state index contributed by atoms with van der Waals surface area (Å²) in [6, 6.07) is 5.82. The first-order valence-corrected chi connectivity index (χ1v) is 6.14. The molecule has 1 saturated heterocycles. The second-order valence-electron chi connectivity index (χ2n) is 4.56. The van der Waals surface area contributed by atoms with Crippen molar-refractivity contribution in [1.29, 1.82) is 0 Å². The number of carbonyl (C=O) groups excluding carboxylic acids is 1. The first kappa shape index (κ1) is 14.1. The quantitative estimate of drug-likeness (QED) is 0.416. The van der Waals surface area contributed by atoms with E-state index in [1.165, 1.54) is 18.3 Å². The third-order valence-corrected chi connectivity index (χ3v) is 2.90. The van der Waals surface area contributed by atoms with Gasteiger partial charge in [-0.15, -0.1) is 0 Å². The number of hydrazone groups is 1. The lowest BCUT2D eigenvalue weighted by molar-refractivity contribution is -0.384. The van der Waals surface area contributed by atoms with Crippen LogP contribution < -0.4 is 16.3 Å². The molecule has 0 saturated carbocycles. The Balaban J connectivity index is 1.86. The third-order valence-electron chi connectivity index (χ3n) is 2.90. The van der Waals surface area contributed by atoms with Gasteiger partial charge in [-0.3, -0.25) is 20.3 Å². The first-order valence-electron chi connectivity index (χ1n) is 6.14. The van der Waals surface area contributed by atoms with Crippen LogP contribution in [-0.4, -0.2) is 29.1 Å². The summed E-state index contributed by atoms with van der Waals surface area (Å²) in [7, 11) is 0. The van der Waals surface area contributed by atoms with Gasteiger partial charge in [0.05, 0.1) is 11.1 Å². The van der Waals surface area contributed by atoms with Crippen LogP contribution in [0.2, 0.25) is 0 Å². The van der Waals surface area contributed by atoms with Gasteiger partial charge < -0.3 is 0 Å². The number of nitrogens with zero attached hydrogens (tertiary/aromatic N) is 2. The summed E-state index contributed by atoms with van der Waals surface area (Å²) in [6.45, 7) is 1.97. The molecule has 2 unspecified atom stereocenters. The van der Waals surface area contributed by atoms with Crippen molar-refractivity contribution >= 4 is 17.8 Å². The van der Waals surface area contributed by atoms with Crippen molar-refractivity contribution in [3.8, 4) is 0 Å². The van der Waals surface area contributed by atoms with Gasteiger partial charge in [0, 0.05) is 18.2 Å². The molecule has 0 aromatic heterocycles. The fraction of sp³-hybridized carbons (Fsp3) is 0.333. The van der Waals surface area contributed by atoms with E-state index in [1.807, 2.05) is 6.92 Å². The third kappa shape index (κ3) is 3.59. The summed E-state index contributed by atoms with van der Waals surface area (Å²) in [5.74, 6) is -0.222. The van der Waals surface area contributed by atoms with Gasteiger partial charge in [-0.05, 0) is 31.0 Å². The van der Waals surface area contributed by atoms with Crippen molar-refractivity contribution in [2.45, 2.75) is 25.4 Å². The molecule has 1 amide bonds. The van der Waals surface area contributed by atoms with E-state index in [0.717, 1.165) is 0 Å². The minimum Gasteiger partial charge on any atom is -0.271 e. The highest BCUT2D eigenvalue weighted by Crippen LogP contribution is 2.10. The van der Waals surface area contributed by atoms with Gasteiger partial charge in [0.1, 0.15) is 6.04 Å². The zero-order valence-corrected chi connectivity index (χ0v) is 10.9. The van der Waals surface area contributed by atoms with Gasteiger partial charge in [-0.25, -0.2) is 10.9 Å². The monoisotopic (exact) mass is 277 g/mol. The molecule has 8 nitrogen and oxygen atoms in total. The summed E-state index contributed by atoms with van der Waals surface area (Å²) >= 11 is 0. The van der Waals surface area contributed by atoms with Crippen molar-refractivity contribution in [3.63, 3.8) is 0 Å². The number of nitro groups is 1. The normalized spacial score (nSPS) is 22.1. The maximum absolute atomic E-state index is 11.7. The van der Waals surface area contributed by atoms with E-state index in [4.69, 9.17) is 0 Å². The van der Waals surface area contributed by atoms with Crippen LogP contribution in [0.5, 0.6) is 0 Å². The van der Waals surface area contributed by atoms with Crippen molar-refractivity contribution < 1.29 is 9.72 Å². The Kier molecular flexibility index (Phi) is 4.38. The zero-order chi connectivity index (χ0) is 14.5. The summed E-state index contributed by atoms with van der Waals surface area (Å²) in [5.41, 5.74) is 8.92. The van der Waals surface area contributed by atoms with Crippen molar-refractivity contribution in [3.05, 3.63) is 39.9 Å². The molecule has 1 aromatic rings. The number of nitro benzene ring substituents is 1. The van der Waals surface area contributed by atoms with E-state index in [-0.39, 0.29) is 23.7 Å². The summed E-state index contributed by atoms with van der Waals surface area (Å²) < 4.78 is 0. The predicted octanol–water partition coefficient (Wildman–Crippen LogP) is 0.300. The lowest BCUT2D eigenvalue weighted by Crippen LogP contribution is -2.41. The lowest BCUT2D eigenvalue weighted by atomic mass is 10.1. The minimum atomic E-state index is -0.470. The molecule has 1 aliphatic heterocycles. The Morgan fingerprint density at radius 2 is 2.15 bits per heavy atom. The Morgan fingerprint density at radius 1 is 1.45 bits per heavy atom. The number of amides is 1. The Hall–Kier alpha value is -2.32. The fourth-order valence-corrected chi connectivity index (χ4v) is 1.82. The van der Waals surface area contributed by atoms with Crippen LogP contribution >= 0.6 is 0 Å². The highest BCUT2D eigenvalue weighted by atomic mass is 16.6. The van der Waals surface area contributed by atoms with Gasteiger partial charge >= 0.3 is 0 Å². The molecule has 3 N–H and O–H groups in total. The van der Waals surface area contributed by atoms with Crippen LogP contribution in [0.3, 0.4) is 0 Å². The Bertz CT molecular complexity index is 528. The molecule has 0 bridgehead atoms. The van der Waals surface area contributed by atoms with Gasteiger partial charge in [0.25, 0.3) is 11.6 Å². The van der Waals surface area contributed by atoms with Gasteiger partial charge in [0.2, 0.25) is 0 Å². The summed E-state index contributed by atoms with van der Waals surface area (Å²) in [6.07, 6.45) is 2.13. The molecule has 8 heteroatoms. The fourth-order valence-electron chi connectivity index (χ4n) is 1.82. The van der Waals surface area contributed by atoms with E-state index in [0.29, 0.717) is 12.0 Å². The number of hydrazine groups is 1. The van der Waals surface area contributed by atoms with Crippen LogP contribution in [-0.2, 0) is 4.79 Å². The molecule has 1 aromatic carbocycles. The number of non-ortho nitro benzene ring substituents is 1. The summed E-state index contributed by atoms with van der Waals surface area (Å²) in [4.78, 5) is 21.7. The average Bonchev–Trinajstić information content (AvgIpc) is 2.86. The molecule has 2 atom stereocenters.